The molecule has 0 saturated heterocycles. The molecule has 10 atom stereocenters. The van der Waals surface area contributed by atoms with Crippen LogP contribution in [0, 0.1) is 68.5 Å². The van der Waals surface area contributed by atoms with Crippen molar-refractivity contribution in [2.24, 2.45) is 68.5 Å². The highest BCUT2D eigenvalue weighted by atomic mass is 16.5. The maximum Gasteiger partial charge on any atom is 0.309 e. The van der Waals surface area contributed by atoms with Crippen molar-refractivity contribution in [2.45, 2.75) is 157 Å². The number of rotatable bonds is 7. The zero-order chi connectivity index (χ0) is 31.9. The second kappa shape index (κ2) is 11.1. The molecule has 6 aliphatic rings. The topological polar surface area (TPSA) is 80.7 Å². The summed E-state index contributed by atoms with van der Waals surface area (Å²) in [4.78, 5) is 38.7. The number of hydrogen-bond donors (Lipinski definition) is 1. The third-order valence-electron chi connectivity index (χ3n) is 16.3. The van der Waals surface area contributed by atoms with Gasteiger partial charge in [-0.1, -0.05) is 61.3 Å². The van der Waals surface area contributed by atoms with Crippen molar-refractivity contribution in [3.8, 4) is 0 Å². The van der Waals surface area contributed by atoms with Crippen molar-refractivity contribution in [1.82, 2.24) is 0 Å². The summed E-state index contributed by atoms with van der Waals surface area (Å²) >= 11 is 0. The number of aliphatic carboxylic acids is 1. The van der Waals surface area contributed by atoms with Gasteiger partial charge >= 0.3 is 11.9 Å². The number of carboxylic acids is 1. The molecule has 0 heterocycles. The summed E-state index contributed by atoms with van der Waals surface area (Å²) in [5.41, 5.74) is 0.262. The summed E-state index contributed by atoms with van der Waals surface area (Å²) in [5, 5.41) is 9.42. The second-order valence-electron chi connectivity index (χ2n) is 18.4. The van der Waals surface area contributed by atoms with Gasteiger partial charge in [0.1, 0.15) is 11.9 Å². The standard InChI is InChI=1S/C39H62O5/c1-24(2)26-16-21-39(30(40)14-15-32(41)42)23-22-37(6)27(33(26)39)12-13-29-36(5)19-18-31(44-34(43)25-10-8-9-11-25)35(3,4)28(36)17-20-38(29,37)7/h24-29,31,33H,8-23H2,1-7H3,(H,41,42)/t26-,27?,28?,29?,31+,33?,36-,37+,38+,39+/m0/s1. The van der Waals surface area contributed by atoms with Crippen molar-refractivity contribution in [3.63, 3.8) is 0 Å². The van der Waals surface area contributed by atoms with Crippen LogP contribution in [0.15, 0.2) is 0 Å². The van der Waals surface area contributed by atoms with E-state index in [0.717, 1.165) is 64.2 Å². The Hall–Kier alpha value is -1.39. The first kappa shape index (κ1) is 32.5. The van der Waals surface area contributed by atoms with Crippen LogP contribution in [-0.4, -0.2) is 28.9 Å². The summed E-state index contributed by atoms with van der Waals surface area (Å²) in [5.74, 6) is 2.75. The lowest BCUT2D eigenvalue weighted by atomic mass is 9.32. The van der Waals surface area contributed by atoms with E-state index < -0.39 is 5.97 Å². The van der Waals surface area contributed by atoms with Crippen LogP contribution in [0.5, 0.6) is 0 Å². The van der Waals surface area contributed by atoms with E-state index in [9.17, 15) is 19.5 Å². The molecule has 6 saturated carbocycles. The molecule has 0 aromatic carbocycles. The van der Waals surface area contributed by atoms with Gasteiger partial charge in [-0.3, -0.25) is 14.4 Å². The number of Topliss-reactive ketones (excluding diaryl/α,β-unsaturated/α-hetero) is 1. The number of hydrogen-bond acceptors (Lipinski definition) is 4. The van der Waals surface area contributed by atoms with Gasteiger partial charge in [-0.05, 0) is 129 Å². The molecule has 6 rings (SSSR count). The van der Waals surface area contributed by atoms with Crippen LogP contribution >= 0.6 is 0 Å². The first-order valence-corrected chi connectivity index (χ1v) is 18.6. The highest BCUT2D eigenvalue weighted by Crippen LogP contribution is 2.77. The van der Waals surface area contributed by atoms with Gasteiger partial charge in [-0.25, -0.2) is 0 Å². The molecule has 248 valence electrons. The van der Waals surface area contributed by atoms with E-state index >= 15 is 0 Å². The van der Waals surface area contributed by atoms with Gasteiger partial charge in [0.2, 0.25) is 0 Å². The van der Waals surface area contributed by atoms with Crippen LogP contribution in [-0.2, 0) is 19.1 Å². The van der Waals surface area contributed by atoms with E-state index in [1.807, 2.05) is 0 Å². The van der Waals surface area contributed by atoms with Gasteiger partial charge in [-0.2, -0.15) is 0 Å². The SMILES string of the molecule is CC(C)[C@@H]1CC[C@]2(C(=O)CCC(=O)O)CC[C@]3(C)C(CCC4[C@@]5(C)CC[C@@H](OC(=O)C6CCCC6)C(C)(C)C5CC[C@]43C)C12. The zero-order valence-electron chi connectivity index (χ0n) is 29.0. The van der Waals surface area contributed by atoms with Crippen LogP contribution in [0.1, 0.15) is 151 Å². The Morgan fingerprint density at radius 1 is 0.750 bits per heavy atom. The second-order valence-corrected chi connectivity index (χ2v) is 18.4. The van der Waals surface area contributed by atoms with Crippen LogP contribution in [0.3, 0.4) is 0 Å². The zero-order valence-corrected chi connectivity index (χ0v) is 29.0. The van der Waals surface area contributed by atoms with Crippen LogP contribution in [0.25, 0.3) is 0 Å². The molecule has 6 aliphatic carbocycles. The Bertz CT molecular complexity index is 1150. The normalized spacial score (nSPS) is 46.5. The number of ketones is 1. The third-order valence-corrected chi connectivity index (χ3v) is 16.3. The Morgan fingerprint density at radius 2 is 1.45 bits per heavy atom. The highest BCUT2D eigenvalue weighted by Gasteiger charge is 2.72. The van der Waals surface area contributed by atoms with Gasteiger partial charge in [-0.15, -0.1) is 0 Å². The molecule has 5 nitrogen and oxygen atoms in total. The predicted molar refractivity (Wildman–Crippen MR) is 173 cm³/mol. The van der Waals surface area contributed by atoms with Crippen LogP contribution in [0.4, 0.5) is 0 Å². The lowest BCUT2D eigenvalue weighted by Gasteiger charge is -2.73. The summed E-state index contributed by atoms with van der Waals surface area (Å²) in [6.07, 6.45) is 15.6. The van der Waals surface area contributed by atoms with Crippen LogP contribution < -0.4 is 0 Å². The molecule has 4 unspecified atom stereocenters. The van der Waals surface area contributed by atoms with E-state index in [1.54, 1.807) is 0 Å². The monoisotopic (exact) mass is 610 g/mol. The van der Waals surface area contributed by atoms with Crippen LogP contribution in [0.2, 0.25) is 0 Å². The quantitative estimate of drug-likeness (QED) is 0.291. The minimum absolute atomic E-state index is 0.0161. The Balaban J connectivity index is 1.28. The van der Waals surface area contributed by atoms with Gasteiger partial charge in [0.25, 0.3) is 0 Å². The number of esters is 1. The molecule has 6 fully saturated rings. The predicted octanol–water partition coefficient (Wildman–Crippen LogP) is 9.26. The maximum atomic E-state index is 14.0. The Labute approximate surface area is 267 Å². The average molecular weight is 611 g/mol. The number of ether oxygens (including phenoxy) is 1. The van der Waals surface area contributed by atoms with Crippen molar-refractivity contribution in [2.75, 3.05) is 0 Å². The molecular formula is C39H62O5. The lowest BCUT2D eigenvalue weighted by Crippen LogP contribution is -2.67. The van der Waals surface area contributed by atoms with Gasteiger partial charge in [0.05, 0.1) is 12.3 Å². The minimum Gasteiger partial charge on any atom is -0.481 e. The fourth-order valence-electron chi connectivity index (χ4n) is 13.9. The van der Waals surface area contributed by atoms with E-state index in [2.05, 4.69) is 48.5 Å². The number of carbonyl (C=O) groups is 3. The minimum atomic E-state index is -0.852. The van der Waals surface area contributed by atoms with E-state index in [4.69, 9.17) is 4.74 Å². The Morgan fingerprint density at radius 3 is 2.11 bits per heavy atom. The van der Waals surface area contributed by atoms with Crippen molar-refractivity contribution < 1.29 is 24.2 Å². The molecule has 1 N–H and O–H groups in total. The molecule has 0 spiro atoms. The van der Waals surface area contributed by atoms with Crippen molar-refractivity contribution >= 4 is 17.7 Å². The number of carboxylic acid groups (broad SMARTS) is 1. The van der Waals surface area contributed by atoms with Gasteiger partial charge in [0.15, 0.2) is 0 Å². The largest absolute Gasteiger partial charge is 0.481 e. The van der Waals surface area contributed by atoms with E-state index in [-0.39, 0.29) is 63.7 Å². The molecule has 0 aromatic heterocycles. The summed E-state index contributed by atoms with van der Waals surface area (Å²) in [7, 11) is 0. The molecule has 5 heteroatoms. The van der Waals surface area contributed by atoms with E-state index in [0.29, 0.717) is 35.5 Å². The fourth-order valence-corrected chi connectivity index (χ4v) is 13.9. The first-order chi connectivity index (χ1) is 20.6. The molecule has 0 amide bonds. The first-order valence-electron chi connectivity index (χ1n) is 18.6. The summed E-state index contributed by atoms with van der Waals surface area (Å²) in [6, 6.07) is 0. The highest BCUT2D eigenvalue weighted by molar-refractivity contribution is 5.88. The van der Waals surface area contributed by atoms with Gasteiger partial charge < -0.3 is 9.84 Å². The smallest absolute Gasteiger partial charge is 0.309 e. The third kappa shape index (κ3) is 4.61. The maximum absolute atomic E-state index is 14.0. The molecule has 44 heavy (non-hydrogen) atoms. The van der Waals surface area contributed by atoms with E-state index in [1.165, 1.54) is 25.7 Å². The molecule has 0 radical (unpaired) electrons. The number of fused-ring (bicyclic) bond motifs is 7. The summed E-state index contributed by atoms with van der Waals surface area (Å²) in [6.45, 7) is 17.4. The molecule has 0 bridgehead atoms. The molecule has 0 aliphatic heterocycles. The van der Waals surface area contributed by atoms with Crippen molar-refractivity contribution in [3.05, 3.63) is 0 Å². The molecular weight excluding hydrogens is 548 g/mol. The average Bonchev–Trinajstić information content (AvgIpc) is 3.63. The fraction of sp³-hybridized carbons (Fsp3) is 0.923. The lowest BCUT2D eigenvalue weighted by molar-refractivity contribution is -0.250. The molecule has 0 aromatic rings. The summed E-state index contributed by atoms with van der Waals surface area (Å²) < 4.78 is 6.39. The number of carbonyl (C=O) groups excluding carboxylic acids is 2. The Kier molecular flexibility index (Phi) is 8.21. The van der Waals surface area contributed by atoms with Crippen molar-refractivity contribution in [1.29, 1.82) is 0 Å². The van der Waals surface area contributed by atoms with Gasteiger partial charge in [0, 0.05) is 17.3 Å².